The molecule has 1 N–H and O–H groups in total. The first kappa shape index (κ1) is 14.7. The molecule has 0 aromatic rings. The molecule has 2 aliphatic heterocycles. The SMILES string of the molecule is O=C(CC1CCSCC1)N(CC1CCCNC1)C1CC1. The van der Waals surface area contributed by atoms with Gasteiger partial charge in [-0.1, -0.05) is 0 Å². The molecule has 0 aromatic heterocycles. The summed E-state index contributed by atoms with van der Waals surface area (Å²) in [6.45, 7) is 3.28. The first-order valence-corrected chi connectivity index (χ1v) is 9.56. The monoisotopic (exact) mass is 296 g/mol. The van der Waals surface area contributed by atoms with Crippen LogP contribution in [-0.4, -0.2) is 48.0 Å². The lowest BCUT2D eigenvalue weighted by atomic mass is 9.96. The number of rotatable bonds is 5. The Kier molecular flexibility index (Phi) is 5.27. The fraction of sp³-hybridized carbons (Fsp3) is 0.938. The highest BCUT2D eigenvalue weighted by Gasteiger charge is 2.35. The Morgan fingerprint density at radius 3 is 2.55 bits per heavy atom. The average Bonchev–Trinajstić information content (AvgIpc) is 3.31. The van der Waals surface area contributed by atoms with Gasteiger partial charge in [-0.25, -0.2) is 0 Å². The molecule has 0 spiro atoms. The minimum absolute atomic E-state index is 0.454. The maximum absolute atomic E-state index is 12.7. The summed E-state index contributed by atoms with van der Waals surface area (Å²) in [5.41, 5.74) is 0. The fourth-order valence-corrected chi connectivity index (χ4v) is 4.72. The van der Waals surface area contributed by atoms with E-state index in [-0.39, 0.29) is 0 Å². The lowest BCUT2D eigenvalue weighted by Crippen LogP contribution is -2.42. The predicted octanol–water partition coefficient (Wildman–Crippen LogP) is 2.51. The van der Waals surface area contributed by atoms with Crippen LogP contribution in [0.1, 0.15) is 44.9 Å². The van der Waals surface area contributed by atoms with Crippen molar-refractivity contribution in [2.45, 2.75) is 51.0 Å². The molecule has 3 nitrogen and oxygen atoms in total. The highest BCUT2D eigenvalue weighted by Crippen LogP contribution is 2.32. The Morgan fingerprint density at radius 2 is 1.90 bits per heavy atom. The third-order valence-corrected chi connectivity index (χ3v) is 6.01. The van der Waals surface area contributed by atoms with Crippen molar-refractivity contribution in [3.63, 3.8) is 0 Å². The number of piperidine rings is 1. The summed E-state index contributed by atoms with van der Waals surface area (Å²) in [4.78, 5) is 14.9. The molecule has 3 rings (SSSR count). The zero-order valence-corrected chi connectivity index (χ0v) is 13.3. The van der Waals surface area contributed by atoms with E-state index in [4.69, 9.17) is 0 Å². The van der Waals surface area contributed by atoms with Gasteiger partial charge in [-0.3, -0.25) is 4.79 Å². The van der Waals surface area contributed by atoms with Crippen LogP contribution in [-0.2, 0) is 4.79 Å². The highest BCUT2D eigenvalue weighted by molar-refractivity contribution is 7.99. The summed E-state index contributed by atoms with van der Waals surface area (Å²) in [7, 11) is 0. The van der Waals surface area contributed by atoms with Crippen LogP contribution in [0.3, 0.4) is 0 Å². The molecular formula is C16H28N2OS. The molecule has 0 bridgehead atoms. The maximum atomic E-state index is 12.7. The third-order valence-electron chi connectivity index (χ3n) is 4.97. The minimum Gasteiger partial charge on any atom is -0.339 e. The van der Waals surface area contributed by atoms with Gasteiger partial charge in [0.15, 0.2) is 0 Å². The van der Waals surface area contributed by atoms with Crippen molar-refractivity contribution in [1.82, 2.24) is 10.2 Å². The fourth-order valence-electron chi connectivity index (χ4n) is 3.51. The van der Waals surface area contributed by atoms with Crippen LogP contribution >= 0.6 is 11.8 Å². The van der Waals surface area contributed by atoms with E-state index in [1.54, 1.807) is 0 Å². The van der Waals surface area contributed by atoms with E-state index in [9.17, 15) is 4.79 Å². The first-order chi connectivity index (χ1) is 9.83. The second-order valence-electron chi connectivity index (χ2n) is 6.75. The topological polar surface area (TPSA) is 32.3 Å². The standard InChI is InChI=1S/C16H28N2OS/c19-16(10-13-5-8-20-9-6-13)18(15-3-4-15)12-14-2-1-7-17-11-14/h13-15,17H,1-12H2. The van der Waals surface area contributed by atoms with Crippen LogP contribution in [0.15, 0.2) is 0 Å². The van der Waals surface area contributed by atoms with Gasteiger partial charge in [0.05, 0.1) is 0 Å². The zero-order valence-electron chi connectivity index (χ0n) is 12.5. The van der Waals surface area contributed by atoms with Crippen LogP contribution in [0.4, 0.5) is 0 Å². The van der Waals surface area contributed by atoms with Crippen LogP contribution in [0, 0.1) is 11.8 Å². The van der Waals surface area contributed by atoms with Crippen LogP contribution in [0.25, 0.3) is 0 Å². The van der Waals surface area contributed by atoms with Crippen molar-refractivity contribution in [3.8, 4) is 0 Å². The van der Waals surface area contributed by atoms with Crippen LogP contribution in [0.5, 0.6) is 0 Å². The summed E-state index contributed by atoms with van der Waals surface area (Å²) in [6.07, 6.45) is 8.37. The summed E-state index contributed by atoms with van der Waals surface area (Å²) < 4.78 is 0. The van der Waals surface area contributed by atoms with E-state index in [0.29, 0.717) is 23.8 Å². The molecule has 1 atom stereocenters. The normalized spacial score (nSPS) is 28.3. The van der Waals surface area contributed by atoms with E-state index in [1.165, 1.54) is 50.0 Å². The second kappa shape index (κ2) is 7.17. The molecule has 0 aromatic carbocycles. The molecule has 1 unspecified atom stereocenters. The molecular weight excluding hydrogens is 268 g/mol. The van der Waals surface area contributed by atoms with Crippen molar-refractivity contribution in [3.05, 3.63) is 0 Å². The van der Waals surface area contributed by atoms with Gasteiger partial charge in [-0.05, 0) is 75.0 Å². The maximum Gasteiger partial charge on any atom is 0.223 e. The zero-order chi connectivity index (χ0) is 13.8. The Labute approximate surface area is 127 Å². The van der Waals surface area contributed by atoms with Crippen LogP contribution < -0.4 is 5.32 Å². The summed E-state index contributed by atoms with van der Waals surface area (Å²) in [6, 6.07) is 0.586. The van der Waals surface area contributed by atoms with Crippen molar-refractivity contribution in [2.24, 2.45) is 11.8 Å². The number of amides is 1. The lowest BCUT2D eigenvalue weighted by Gasteiger charge is -2.32. The largest absolute Gasteiger partial charge is 0.339 e. The van der Waals surface area contributed by atoms with Gasteiger partial charge in [0, 0.05) is 19.0 Å². The summed E-state index contributed by atoms with van der Waals surface area (Å²) in [5.74, 6) is 4.32. The van der Waals surface area contributed by atoms with Gasteiger partial charge in [0.2, 0.25) is 5.91 Å². The molecule has 1 saturated carbocycles. The molecule has 0 radical (unpaired) electrons. The molecule has 20 heavy (non-hydrogen) atoms. The number of hydrogen-bond donors (Lipinski definition) is 1. The number of thioether (sulfide) groups is 1. The number of nitrogens with zero attached hydrogens (tertiary/aromatic N) is 1. The Balaban J connectivity index is 1.51. The number of hydrogen-bond acceptors (Lipinski definition) is 3. The van der Waals surface area contributed by atoms with Crippen molar-refractivity contribution < 1.29 is 4.79 Å². The molecule has 2 saturated heterocycles. The lowest BCUT2D eigenvalue weighted by molar-refractivity contribution is -0.133. The summed E-state index contributed by atoms with van der Waals surface area (Å²) in [5, 5.41) is 3.48. The quantitative estimate of drug-likeness (QED) is 0.846. The Bertz CT molecular complexity index is 320. The Morgan fingerprint density at radius 1 is 1.10 bits per heavy atom. The predicted molar refractivity (Wildman–Crippen MR) is 85.0 cm³/mol. The van der Waals surface area contributed by atoms with E-state index in [1.807, 2.05) is 11.8 Å². The molecule has 3 fully saturated rings. The van der Waals surface area contributed by atoms with Gasteiger partial charge in [-0.2, -0.15) is 11.8 Å². The van der Waals surface area contributed by atoms with Crippen LogP contribution in [0.2, 0.25) is 0 Å². The van der Waals surface area contributed by atoms with Gasteiger partial charge < -0.3 is 10.2 Å². The number of carbonyl (C=O) groups is 1. The number of nitrogens with one attached hydrogen (secondary N) is 1. The molecule has 3 aliphatic rings. The van der Waals surface area contributed by atoms with Gasteiger partial charge in [-0.15, -0.1) is 0 Å². The van der Waals surface area contributed by atoms with Crippen molar-refractivity contribution in [1.29, 1.82) is 0 Å². The number of carbonyl (C=O) groups excluding carboxylic acids is 1. The van der Waals surface area contributed by atoms with Gasteiger partial charge in [0.1, 0.15) is 0 Å². The Hall–Kier alpha value is -0.220. The van der Waals surface area contributed by atoms with Gasteiger partial charge in [0.25, 0.3) is 0 Å². The average molecular weight is 296 g/mol. The van der Waals surface area contributed by atoms with E-state index in [0.717, 1.165) is 26.1 Å². The van der Waals surface area contributed by atoms with Gasteiger partial charge >= 0.3 is 0 Å². The molecule has 1 aliphatic carbocycles. The summed E-state index contributed by atoms with van der Waals surface area (Å²) >= 11 is 2.05. The van der Waals surface area contributed by atoms with E-state index < -0.39 is 0 Å². The first-order valence-electron chi connectivity index (χ1n) is 8.41. The smallest absolute Gasteiger partial charge is 0.223 e. The third kappa shape index (κ3) is 4.14. The minimum atomic E-state index is 0.454. The highest BCUT2D eigenvalue weighted by atomic mass is 32.2. The van der Waals surface area contributed by atoms with E-state index >= 15 is 0 Å². The second-order valence-corrected chi connectivity index (χ2v) is 7.97. The molecule has 114 valence electrons. The molecule has 4 heteroatoms. The molecule has 2 heterocycles. The molecule has 1 amide bonds. The van der Waals surface area contributed by atoms with Crippen molar-refractivity contribution in [2.75, 3.05) is 31.1 Å². The van der Waals surface area contributed by atoms with Crippen molar-refractivity contribution >= 4 is 17.7 Å². The van der Waals surface area contributed by atoms with E-state index in [2.05, 4.69) is 10.2 Å².